The van der Waals surface area contributed by atoms with E-state index in [4.69, 9.17) is 9.26 Å². The highest BCUT2D eigenvalue weighted by atomic mass is 16.5. The van der Waals surface area contributed by atoms with Gasteiger partial charge in [-0.25, -0.2) is 4.79 Å². The van der Waals surface area contributed by atoms with E-state index in [1.165, 1.54) is 0 Å². The molecule has 134 valence electrons. The molecule has 0 saturated carbocycles. The SMILES string of the molecule is CCN(Cc1nc(-c2ccc(OC)cc2)no1)C(=O)Nc1ccccc1. The van der Waals surface area contributed by atoms with E-state index in [-0.39, 0.29) is 12.6 Å². The van der Waals surface area contributed by atoms with Gasteiger partial charge in [0.2, 0.25) is 11.7 Å². The molecule has 1 N–H and O–H groups in total. The van der Waals surface area contributed by atoms with Gasteiger partial charge >= 0.3 is 6.03 Å². The highest BCUT2D eigenvalue weighted by Crippen LogP contribution is 2.20. The van der Waals surface area contributed by atoms with Gasteiger partial charge in [-0.3, -0.25) is 0 Å². The summed E-state index contributed by atoms with van der Waals surface area (Å²) in [6.45, 7) is 2.64. The van der Waals surface area contributed by atoms with Crippen molar-refractivity contribution < 1.29 is 14.1 Å². The molecule has 0 aliphatic heterocycles. The van der Waals surface area contributed by atoms with Crippen LogP contribution in [0.25, 0.3) is 11.4 Å². The number of rotatable bonds is 6. The maximum Gasteiger partial charge on any atom is 0.322 e. The Kier molecular flexibility index (Phi) is 5.48. The molecule has 0 saturated heterocycles. The van der Waals surface area contributed by atoms with E-state index < -0.39 is 0 Å². The molecule has 1 aromatic heterocycles. The Balaban J connectivity index is 1.67. The summed E-state index contributed by atoms with van der Waals surface area (Å²) < 4.78 is 10.4. The summed E-state index contributed by atoms with van der Waals surface area (Å²) in [5.41, 5.74) is 1.55. The van der Waals surface area contributed by atoms with Gasteiger partial charge in [-0.15, -0.1) is 0 Å². The first-order valence-electron chi connectivity index (χ1n) is 8.27. The first kappa shape index (κ1) is 17.5. The van der Waals surface area contributed by atoms with Gasteiger partial charge in [-0.2, -0.15) is 4.98 Å². The normalized spacial score (nSPS) is 10.4. The lowest BCUT2D eigenvalue weighted by Gasteiger charge is -2.19. The molecule has 3 aromatic rings. The van der Waals surface area contributed by atoms with Crippen LogP contribution in [-0.2, 0) is 6.54 Å². The molecule has 0 aliphatic carbocycles. The van der Waals surface area contributed by atoms with Gasteiger partial charge in [0.1, 0.15) is 12.3 Å². The number of hydrogen-bond donors (Lipinski definition) is 1. The van der Waals surface area contributed by atoms with Crippen LogP contribution in [0.15, 0.2) is 59.1 Å². The fraction of sp³-hybridized carbons (Fsp3) is 0.211. The number of urea groups is 1. The third kappa shape index (κ3) is 4.18. The van der Waals surface area contributed by atoms with Crippen molar-refractivity contribution >= 4 is 11.7 Å². The Morgan fingerprint density at radius 3 is 2.54 bits per heavy atom. The topological polar surface area (TPSA) is 80.5 Å². The number of amides is 2. The Morgan fingerprint density at radius 2 is 1.88 bits per heavy atom. The van der Waals surface area contributed by atoms with Crippen LogP contribution in [0.3, 0.4) is 0 Å². The van der Waals surface area contributed by atoms with Crippen LogP contribution in [0.5, 0.6) is 5.75 Å². The molecule has 0 unspecified atom stereocenters. The minimum Gasteiger partial charge on any atom is -0.497 e. The van der Waals surface area contributed by atoms with Gasteiger partial charge in [-0.1, -0.05) is 23.4 Å². The molecular formula is C19H20N4O3. The maximum atomic E-state index is 12.4. The van der Waals surface area contributed by atoms with E-state index in [1.54, 1.807) is 12.0 Å². The monoisotopic (exact) mass is 352 g/mol. The summed E-state index contributed by atoms with van der Waals surface area (Å²) in [7, 11) is 1.61. The molecule has 7 nitrogen and oxygen atoms in total. The lowest BCUT2D eigenvalue weighted by atomic mass is 10.2. The van der Waals surface area contributed by atoms with Crippen molar-refractivity contribution in [3.05, 3.63) is 60.5 Å². The molecule has 0 aliphatic rings. The van der Waals surface area contributed by atoms with Crippen molar-refractivity contribution in [3.63, 3.8) is 0 Å². The number of carbonyl (C=O) groups excluding carboxylic acids is 1. The van der Waals surface area contributed by atoms with Gasteiger partial charge in [-0.05, 0) is 43.3 Å². The predicted octanol–water partition coefficient (Wildman–Crippen LogP) is 3.80. The number of anilines is 1. The van der Waals surface area contributed by atoms with E-state index in [1.807, 2.05) is 61.5 Å². The summed E-state index contributed by atoms with van der Waals surface area (Å²) in [4.78, 5) is 18.4. The molecule has 0 bridgehead atoms. The van der Waals surface area contributed by atoms with Crippen LogP contribution in [-0.4, -0.2) is 34.7 Å². The van der Waals surface area contributed by atoms with Crippen molar-refractivity contribution in [2.75, 3.05) is 19.0 Å². The fourth-order valence-corrected chi connectivity index (χ4v) is 2.39. The number of para-hydroxylation sites is 1. The zero-order valence-electron chi connectivity index (χ0n) is 14.7. The Hall–Kier alpha value is -3.35. The quantitative estimate of drug-likeness (QED) is 0.730. The van der Waals surface area contributed by atoms with Crippen molar-refractivity contribution in [1.82, 2.24) is 15.0 Å². The predicted molar refractivity (Wildman–Crippen MR) is 97.8 cm³/mol. The van der Waals surface area contributed by atoms with E-state index in [0.29, 0.717) is 18.3 Å². The van der Waals surface area contributed by atoms with E-state index in [0.717, 1.165) is 17.0 Å². The number of ether oxygens (including phenoxy) is 1. The standard InChI is InChI=1S/C19H20N4O3/c1-3-23(19(24)20-15-7-5-4-6-8-15)13-17-21-18(22-26-17)14-9-11-16(25-2)12-10-14/h4-12H,3,13H2,1-2H3,(H,20,24). The first-order chi connectivity index (χ1) is 12.7. The number of methoxy groups -OCH3 is 1. The highest BCUT2D eigenvalue weighted by molar-refractivity contribution is 5.89. The van der Waals surface area contributed by atoms with Crippen LogP contribution in [0.2, 0.25) is 0 Å². The number of nitrogens with one attached hydrogen (secondary N) is 1. The molecule has 0 atom stereocenters. The number of benzene rings is 2. The molecule has 3 rings (SSSR count). The van der Waals surface area contributed by atoms with Crippen LogP contribution in [0, 0.1) is 0 Å². The van der Waals surface area contributed by atoms with E-state index >= 15 is 0 Å². The zero-order valence-corrected chi connectivity index (χ0v) is 14.7. The van der Waals surface area contributed by atoms with Gasteiger partial charge in [0.05, 0.1) is 7.11 Å². The molecule has 2 amide bonds. The summed E-state index contributed by atoms with van der Waals surface area (Å²) >= 11 is 0. The third-order valence-corrected chi connectivity index (χ3v) is 3.84. The fourth-order valence-electron chi connectivity index (χ4n) is 2.39. The zero-order chi connectivity index (χ0) is 18.4. The summed E-state index contributed by atoms with van der Waals surface area (Å²) in [5.74, 6) is 1.61. The molecule has 2 aromatic carbocycles. The largest absolute Gasteiger partial charge is 0.497 e. The second kappa shape index (κ2) is 8.15. The second-order valence-corrected chi connectivity index (χ2v) is 5.55. The number of aromatic nitrogens is 2. The van der Waals surface area contributed by atoms with Gasteiger partial charge in [0.25, 0.3) is 0 Å². The molecule has 1 heterocycles. The molecule has 7 heteroatoms. The minimum atomic E-state index is -0.220. The van der Waals surface area contributed by atoms with Crippen molar-refractivity contribution in [2.24, 2.45) is 0 Å². The second-order valence-electron chi connectivity index (χ2n) is 5.55. The molecule has 0 spiro atoms. The Morgan fingerprint density at radius 1 is 1.15 bits per heavy atom. The number of hydrogen-bond acceptors (Lipinski definition) is 5. The number of nitrogens with zero attached hydrogens (tertiary/aromatic N) is 3. The Bertz CT molecular complexity index is 847. The highest BCUT2D eigenvalue weighted by Gasteiger charge is 2.17. The van der Waals surface area contributed by atoms with Gasteiger partial charge in [0, 0.05) is 17.8 Å². The molecule has 0 fully saturated rings. The molecular weight excluding hydrogens is 332 g/mol. The average Bonchev–Trinajstić information content (AvgIpc) is 3.15. The van der Waals surface area contributed by atoms with Crippen LogP contribution >= 0.6 is 0 Å². The third-order valence-electron chi connectivity index (χ3n) is 3.84. The maximum absolute atomic E-state index is 12.4. The number of carbonyl (C=O) groups is 1. The summed E-state index contributed by atoms with van der Waals surface area (Å²) in [5, 5.41) is 6.83. The van der Waals surface area contributed by atoms with Crippen molar-refractivity contribution in [3.8, 4) is 17.1 Å². The lowest BCUT2D eigenvalue weighted by molar-refractivity contribution is 0.203. The van der Waals surface area contributed by atoms with E-state index in [9.17, 15) is 4.79 Å². The van der Waals surface area contributed by atoms with Crippen molar-refractivity contribution in [1.29, 1.82) is 0 Å². The minimum absolute atomic E-state index is 0.220. The smallest absolute Gasteiger partial charge is 0.322 e. The Labute approximate surface area is 151 Å². The van der Waals surface area contributed by atoms with Crippen molar-refractivity contribution in [2.45, 2.75) is 13.5 Å². The summed E-state index contributed by atoms with van der Waals surface area (Å²) in [6.07, 6.45) is 0. The first-order valence-corrected chi connectivity index (χ1v) is 8.27. The van der Waals surface area contributed by atoms with Crippen LogP contribution in [0.4, 0.5) is 10.5 Å². The van der Waals surface area contributed by atoms with Crippen LogP contribution < -0.4 is 10.1 Å². The van der Waals surface area contributed by atoms with Gasteiger partial charge in [0.15, 0.2) is 0 Å². The molecule has 26 heavy (non-hydrogen) atoms. The van der Waals surface area contributed by atoms with E-state index in [2.05, 4.69) is 15.5 Å². The summed E-state index contributed by atoms with van der Waals surface area (Å²) in [6, 6.07) is 16.4. The lowest BCUT2D eigenvalue weighted by Crippen LogP contribution is -2.34. The van der Waals surface area contributed by atoms with Gasteiger partial charge < -0.3 is 19.5 Å². The average molecular weight is 352 g/mol. The molecule has 0 radical (unpaired) electrons. The van der Waals surface area contributed by atoms with Crippen LogP contribution in [0.1, 0.15) is 12.8 Å².